The molecule has 3 heteroatoms. The van der Waals surface area contributed by atoms with Crippen molar-refractivity contribution in [2.45, 2.75) is 52.5 Å². The van der Waals surface area contributed by atoms with Crippen molar-refractivity contribution >= 4 is 16.8 Å². The second kappa shape index (κ2) is 5.55. The van der Waals surface area contributed by atoms with E-state index in [0.29, 0.717) is 6.04 Å². The van der Waals surface area contributed by atoms with Crippen molar-refractivity contribution in [2.75, 3.05) is 6.54 Å². The minimum atomic E-state index is 0.174. The van der Waals surface area contributed by atoms with Crippen molar-refractivity contribution in [1.82, 2.24) is 9.88 Å². The van der Waals surface area contributed by atoms with E-state index in [1.54, 1.807) is 0 Å². The van der Waals surface area contributed by atoms with Gasteiger partial charge in [0.1, 0.15) is 5.69 Å². The number of nitrogens with one attached hydrogen (secondary N) is 1. The van der Waals surface area contributed by atoms with Gasteiger partial charge in [-0.3, -0.25) is 4.79 Å². The van der Waals surface area contributed by atoms with Crippen LogP contribution in [0.3, 0.4) is 0 Å². The maximum Gasteiger partial charge on any atom is 0.270 e. The topological polar surface area (TPSA) is 36.1 Å². The van der Waals surface area contributed by atoms with Crippen LogP contribution in [0.2, 0.25) is 0 Å². The Balaban J connectivity index is 1.99. The van der Waals surface area contributed by atoms with Gasteiger partial charge in [0.05, 0.1) is 0 Å². The third-order valence-corrected chi connectivity index (χ3v) is 4.79. The number of piperidine rings is 1. The van der Waals surface area contributed by atoms with Gasteiger partial charge in [-0.2, -0.15) is 0 Å². The Morgan fingerprint density at radius 2 is 2.14 bits per heavy atom. The third kappa shape index (κ3) is 2.45. The normalized spacial score (nSPS) is 19.2. The molecule has 1 aromatic carbocycles. The number of carbonyl (C=O) groups is 1. The molecule has 1 saturated heterocycles. The Bertz CT molecular complexity index is 671. The van der Waals surface area contributed by atoms with Gasteiger partial charge in [-0.1, -0.05) is 18.6 Å². The van der Waals surface area contributed by atoms with Crippen molar-refractivity contribution < 1.29 is 4.79 Å². The zero-order valence-corrected chi connectivity index (χ0v) is 13.2. The van der Waals surface area contributed by atoms with Gasteiger partial charge in [0, 0.05) is 23.5 Å². The zero-order valence-electron chi connectivity index (χ0n) is 13.2. The van der Waals surface area contributed by atoms with Gasteiger partial charge in [-0.05, 0) is 57.2 Å². The van der Waals surface area contributed by atoms with E-state index in [0.717, 1.165) is 42.6 Å². The highest BCUT2D eigenvalue weighted by Gasteiger charge is 2.28. The molecule has 3 nitrogen and oxygen atoms in total. The van der Waals surface area contributed by atoms with Crippen molar-refractivity contribution in [3.63, 3.8) is 0 Å². The molecule has 2 heterocycles. The summed E-state index contributed by atoms with van der Waals surface area (Å²) in [6.45, 7) is 7.21. The van der Waals surface area contributed by atoms with Crippen molar-refractivity contribution in [3.05, 3.63) is 35.0 Å². The van der Waals surface area contributed by atoms with Gasteiger partial charge in [0.2, 0.25) is 0 Å². The molecular weight excluding hydrogens is 260 g/mol. The Kier molecular flexibility index (Phi) is 3.75. The minimum Gasteiger partial charge on any atom is -0.350 e. The first kappa shape index (κ1) is 14.2. The number of hydrogen-bond acceptors (Lipinski definition) is 1. The molecule has 0 aliphatic carbocycles. The van der Waals surface area contributed by atoms with Crippen LogP contribution in [0.25, 0.3) is 10.9 Å². The molecule has 21 heavy (non-hydrogen) atoms. The number of benzene rings is 1. The predicted molar refractivity (Wildman–Crippen MR) is 86.7 cm³/mol. The van der Waals surface area contributed by atoms with Crippen LogP contribution in [-0.4, -0.2) is 28.4 Å². The van der Waals surface area contributed by atoms with Gasteiger partial charge >= 0.3 is 0 Å². The van der Waals surface area contributed by atoms with Crippen LogP contribution in [0.4, 0.5) is 0 Å². The van der Waals surface area contributed by atoms with E-state index in [9.17, 15) is 4.79 Å². The molecule has 112 valence electrons. The minimum absolute atomic E-state index is 0.174. The summed E-state index contributed by atoms with van der Waals surface area (Å²) in [7, 11) is 0. The van der Waals surface area contributed by atoms with Gasteiger partial charge in [-0.15, -0.1) is 0 Å². The quantitative estimate of drug-likeness (QED) is 0.882. The Hall–Kier alpha value is -1.77. The van der Waals surface area contributed by atoms with Crippen LogP contribution in [0, 0.1) is 13.8 Å². The molecule has 1 aliphatic heterocycles. The highest BCUT2D eigenvalue weighted by Crippen LogP contribution is 2.27. The lowest BCUT2D eigenvalue weighted by atomic mass is 9.99. The van der Waals surface area contributed by atoms with Crippen molar-refractivity contribution in [2.24, 2.45) is 0 Å². The Labute approximate surface area is 126 Å². The van der Waals surface area contributed by atoms with Crippen LogP contribution in [0.15, 0.2) is 18.2 Å². The summed E-state index contributed by atoms with van der Waals surface area (Å²) >= 11 is 0. The molecule has 1 amide bonds. The number of aromatic amines is 1. The molecule has 3 rings (SSSR count). The summed E-state index contributed by atoms with van der Waals surface area (Å²) in [4.78, 5) is 18.4. The number of carbonyl (C=O) groups excluding carboxylic acids is 1. The summed E-state index contributed by atoms with van der Waals surface area (Å²) in [6, 6.07) is 6.72. The molecular formula is C18H24N2O. The summed E-state index contributed by atoms with van der Waals surface area (Å²) < 4.78 is 0. The van der Waals surface area contributed by atoms with Gasteiger partial charge in [0.25, 0.3) is 5.91 Å². The predicted octanol–water partition coefficient (Wildman–Crippen LogP) is 4.19. The maximum absolute atomic E-state index is 12.9. The highest BCUT2D eigenvalue weighted by molar-refractivity contribution is 6.01. The number of likely N-dealkylation sites (tertiary alicyclic amines) is 1. The van der Waals surface area contributed by atoms with E-state index in [-0.39, 0.29) is 5.91 Å². The van der Waals surface area contributed by atoms with E-state index in [1.807, 2.05) is 0 Å². The first-order valence-corrected chi connectivity index (χ1v) is 8.01. The van der Waals surface area contributed by atoms with Gasteiger partial charge in [-0.25, -0.2) is 0 Å². The summed E-state index contributed by atoms with van der Waals surface area (Å²) in [5.74, 6) is 0.174. The van der Waals surface area contributed by atoms with Crippen LogP contribution in [0.1, 0.15) is 54.2 Å². The number of rotatable bonds is 2. The third-order valence-electron chi connectivity index (χ3n) is 4.79. The van der Waals surface area contributed by atoms with E-state index in [2.05, 4.69) is 48.9 Å². The maximum atomic E-state index is 12.9. The number of aryl methyl sites for hydroxylation is 2. The molecule has 0 saturated carbocycles. The molecule has 1 atom stereocenters. The van der Waals surface area contributed by atoms with Crippen LogP contribution in [0.5, 0.6) is 0 Å². The fourth-order valence-electron chi connectivity index (χ4n) is 3.49. The smallest absolute Gasteiger partial charge is 0.270 e. The number of amides is 1. The molecule has 1 aliphatic rings. The monoisotopic (exact) mass is 284 g/mol. The molecule has 1 unspecified atom stereocenters. The molecule has 1 N–H and O–H groups in total. The lowest BCUT2D eigenvalue weighted by Crippen LogP contribution is -2.43. The number of nitrogens with zero attached hydrogens (tertiary/aromatic N) is 1. The van der Waals surface area contributed by atoms with Gasteiger partial charge < -0.3 is 9.88 Å². The summed E-state index contributed by atoms with van der Waals surface area (Å²) in [5, 5.41) is 1.17. The molecule has 0 spiro atoms. The first-order chi connectivity index (χ1) is 10.1. The highest BCUT2D eigenvalue weighted by atomic mass is 16.2. The van der Waals surface area contributed by atoms with E-state index in [1.165, 1.54) is 17.4 Å². The summed E-state index contributed by atoms with van der Waals surface area (Å²) in [5.41, 5.74) is 4.15. The zero-order chi connectivity index (χ0) is 15.0. The van der Waals surface area contributed by atoms with Crippen LogP contribution in [-0.2, 0) is 0 Å². The lowest BCUT2D eigenvalue weighted by Gasteiger charge is -2.35. The average molecular weight is 284 g/mol. The van der Waals surface area contributed by atoms with E-state index < -0.39 is 0 Å². The molecule has 0 bridgehead atoms. The van der Waals surface area contributed by atoms with Crippen LogP contribution >= 0.6 is 0 Å². The van der Waals surface area contributed by atoms with Crippen LogP contribution < -0.4 is 0 Å². The molecule has 2 aromatic rings. The SMILES string of the molecule is CCC1CCCCN1C(=O)c1[nH]c2ccc(C)cc2c1C. The number of H-pyrrole nitrogens is 1. The van der Waals surface area contributed by atoms with E-state index >= 15 is 0 Å². The summed E-state index contributed by atoms with van der Waals surface area (Å²) in [6.07, 6.45) is 4.55. The van der Waals surface area contributed by atoms with E-state index in [4.69, 9.17) is 0 Å². The fourth-order valence-corrected chi connectivity index (χ4v) is 3.49. The fraction of sp³-hybridized carbons (Fsp3) is 0.500. The molecule has 1 fully saturated rings. The first-order valence-electron chi connectivity index (χ1n) is 8.01. The lowest BCUT2D eigenvalue weighted by molar-refractivity contribution is 0.0602. The standard InChI is InChI=1S/C18H24N2O/c1-4-14-7-5-6-10-20(14)18(21)17-13(3)15-11-12(2)8-9-16(15)19-17/h8-9,11,14,19H,4-7,10H2,1-3H3. The Morgan fingerprint density at radius 3 is 2.90 bits per heavy atom. The van der Waals surface area contributed by atoms with Crippen molar-refractivity contribution in [3.8, 4) is 0 Å². The largest absolute Gasteiger partial charge is 0.350 e. The second-order valence-electron chi connectivity index (χ2n) is 6.23. The number of hydrogen-bond donors (Lipinski definition) is 1. The molecule has 0 radical (unpaired) electrons. The van der Waals surface area contributed by atoms with Gasteiger partial charge in [0.15, 0.2) is 0 Å². The number of fused-ring (bicyclic) bond motifs is 1. The number of aromatic nitrogens is 1. The van der Waals surface area contributed by atoms with Crippen molar-refractivity contribution in [1.29, 1.82) is 0 Å². The second-order valence-corrected chi connectivity index (χ2v) is 6.23. The Morgan fingerprint density at radius 1 is 1.33 bits per heavy atom. The molecule has 1 aromatic heterocycles. The average Bonchev–Trinajstić information content (AvgIpc) is 2.83.